The van der Waals surface area contributed by atoms with E-state index >= 15 is 0 Å². The molecule has 0 radical (unpaired) electrons. The first-order valence-corrected chi connectivity index (χ1v) is 6.98. The molecule has 1 saturated heterocycles. The number of hydrogen-bond donors (Lipinski definition) is 1. The first-order chi connectivity index (χ1) is 8.40. The van der Waals surface area contributed by atoms with Crippen LogP contribution >= 0.6 is 0 Å². The predicted octanol–water partition coefficient (Wildman–Crippen LogP) is 3.27. The van der Waals surface area contributed by atoms with Crippen molar-refractivity contribution in [3.05, 3.63) is 29.3 Å². The van der Waals surface area contributed by atoms with Crippen LogP contribution in [0.4, 0.5) is 5.69 Å². The molecule has 1 aromatic carbocycles. The van der Waals surface area contributed by atoms with Crippen molar-refractivity contribution in [2.24, 2.45) is 0 Å². The van der Waals surface area contributed by atoms with Gasteiger partial charge in [-0.3, -0.25) is 0 Å². The molecule has 1 aromatic rings. The van der Waals surface area contributed by atoms with Gasteiger partial charge < -0.3 is 10.2 Å². The van der Waals surface area contributed by atoms with Gasteiger partial charge in [-0.25, -0.2) is 0 Å². The number of hydrogen-bond acceptors (Lipinski definition) is 2. The number of nitrogens with one attached hydrogen (secondary N) is 1. The summed E-state index contributed by atoms with van der Waals surface area (Å²) in [4.78, 5) is 2.57. The van der Waals surface area contributed by atoms with Crippen molar-refractivity contribution in [1.82, 2.24) is 5.32 Å². The van der Waals surface area contributed by atoms with Crippen LogP contribution in [0.5, 0.6) is 0 Å². The predicted molar refractivity (Wildman–Crippen MR) is 79.4 cm³/mol. The lowest BCUT2D eigenvalue weighted by atomic mass is 10.00. The van der Waals surface area contributed by atoms with Crippen molar-refractivity contribution >= 4 is 5.69 Å². The Balaban J connectivity index is 2.34. The molecule has 0 saturated carbocycles. The van der Waals surface area contributed by atoms with Gasteiger partial charge in [0.15, 0.2) is 0 Å². The molecule has 1 N–H and O–H groups in total. The number of anilines is 1. The Morgan fingerprint density at radius 1 is 1.28 bits per heavy atom. The van der Waals surface area contributed by atoms with Gasteiger partial charge in [0.25, 0.3) is 0 Å². The summed E-state index contributed by atoms with van der Waals surface area (Å²) >= 11 is 0. The van der Waals surface area contributed by atoms with E-state index in [0.29, 0.717) is 6.04 Å². The van der Waals surface area contributed by atoms with Gasteiger partial charge in [0, 0.05) is 30.4 Å². The van der Waals surface area contributed by atoms with Gasteiger partial charge in [-0.15, -0.1) is 0 Å². The highest BCUT2D eigenvalue weighted by atomic mass is 15.2. The maximum absolute atomic E-state index is 3.62. The molecule has 0 amide bonds. The average Bonchev–Trinajstić information content (AvgIpc) is 2.40. The summed E-state index contributed by atoms with van der Waals surface area (Å²) in [7, 11) is 0. The van der Waals surface area contributed by atoms with Gasteiger partial charge in [0.2, 0.25) is 0 Å². The number of aryl methyl sites for hydroxylation is 2. The zero-order valence-electron chi connectivity index (χ0n) is 12.4. The van der Waals surface area contributed by atoms with Crippen LogP contribution in [0.1, 0.15) is 38.3 Å². The molecule has 1 aliphatic heterocycles. The lowest BCUT2D eigenvalue weighted by Crippen LogP contribution is -2.49. The monoisotopic (exact) mass is 246 g/mol. The quantitative estimate of drug-likeness (QED) is 0.818. The van der Waals surface area contributed by atoms with Crippen molar-refractivity contribution < 1.29 is 0 Å². The summed E-state index contributed by atoms with van der Waals surface area (Å²) in [5, 5.41) is 3.62. The molecule has 0 spiro atoms. The summed E-state index contributed by atoms with van der Waals surface area (Å²) in [5.74, 6) is 0. The number of nitrogens with zero attached hydrogens (tertiary/aromatic N) is 1. The molecule has 18 heavy (non-hydrogen) atoms. The van der Waals surface area contributed by atoms with Gasteiger partial charge in [0.1, 0.15) is 0 Å². The maximum atomic E-state index is 3.62. The van der Waals surface area contributed by atoms with E-state index in [4.69, 9.17) is 0 Å². The third-order valence-electron chi connectivity index (χ3n) is 4.04. The second-order valence-electron chi connectivity index (χ2n) is 6.32. The molecule has 0 bridgehead atoms. The van der Waals surface area contributed by atoms with Crippen LogP contribution in [0, 0.1) is 13.8 Å². The van der Waals surface area contributed by atoms with Gasteiger partial charge >= 0.3 is 0 Å². The minimum atomic E-state index is 0.171. The minimum absolute atomic E-state index is 0.171. The Kier molecular flexibility index (Phi) is 3.67. The second kappa shape index (κ2) is 4.93. The molecule has 1 unspecified atom stereocenters. The van der Waals surface area contributed by atoms with Crippen LogP contribution in [0.25, 0.3) is 0 Å². The Morgan fingerprint density at radius 3 is 2.67 bits per heavy atom. The van der Waals surface area contributed by atoms with Gasteiger partial charge in [-0.1, -0.05) is 17.7 Å². The summed E-state index contributed by atoms with van der Waals surface area (Å²) in [6.45, 7) is 13.5. The maximum Gasteiger partial charge on any atom is 0.0470 e. The van der Waals surface area contributed by atoms with E-state index in [1.807, 2.05) is 0 Å². The molecule has 1 heterocycles. The molecule has 1 atom stereocenters. The van der Waals surface area contributed by atoms with Gasteiger partial charge in [0.05, 0.1) is 0 Å². The fraction of sp³-hybridized carbons (Fsp3) is 0.625. The standard InChI is InChI=1S/C16H26N2/c1-12-6-7-15(13(2)10-12)18-9-8-14(3)17-11-16(18,4)5/h6-7,10,14,17H,8-9,11H2,1-5H3. The molecule has 2 rings (SSSR count). The van der Waals surface area contributed by atoms with Crippen LogP contribution < -0.4 is 10.2 Å². The Bertz CT molecular complexity index is 423. The van der Waals surface area contributed by atoms with E-state index < -0.39 is 0 Å². The fourth-order valence-electron chi connectivity index (χ4n) is 2.80. The molecule has 0 aliphatic carbocycles. The zero-order valence-corrected chi connectivity index (χ0v) is 12.4. The highest BCUT2D eigenvalue weighted by Gasteiger charge is 2.30. The van der Waals surface area contributed by atoms with E-state index in [0.717, 1.165) is 13.1 Å². The second-order valence-corrected chi connectivity index (χ2v) is 6.32. The molecule has 2 heteroatoms. The minimum Gasteiger partial charge on any atom is -0.365 e. The summed E-state index contributed by atoms with van der Waals surface area (Å²) in [6.07, 6.45) is 1.21. The van der Waals surface area contributed by atoms with Crippen LogP contribution in [-0.4, -0.2) is 24.7 Å². The zero-order chi connectivity index (χ0) is 13.3. The third kappa shape index (κ3) is 2.69. The third-order valence-corrected chi connectivity index (χ3v) is 4.04. The molecular weight excluding hydrogens is 220 g/mol. The number of benzene rings is 1. The fourth-order valence-corrected chi connectivity index (χ4v) is 2.80. The van der Waals surface area contributed by atoms with Crippen LogP contribution in [0.2, 0.25) is 0 Å². The molecule has 0 aromatic heterocycles. The molecule has 1 fully saturated rings. The molecule has 2 nitrogen and oxygen atoms in total. The van der Waals surface area contributed by atoms with E-state index in [-0.39, 0.29) is 5.54 Å². The Labute approximate surface area is 111 Å². The normalized spacial score (nSPS) is 23.8. The number of rotatable bonds is 1. The topological polar surface area (TPSA) is 15.3 Å². The lowest BCUT2D eigenvalue weighted by molar-refractivity contribution is 0.447. The largest absolute Gasteiger partial charge is 0.365 e. The van der Waals surface area contributed by atoms with Crippen molar-refractivity contribution in [2.75, 3.05) is 18.0 Å². The summed E-state index contributed by atoms with van der Waals surface area (Å²) in [6, 6.07) is 7.40. The first kappa shape index (κ1) is 13.4. The van der Waals surface area contributed by atoms with Crippen LogP contribution in [0.15, 0.2) is 18.2 Å². The van der Waals surface area contributed by atoms with Crippen molar-refractivity contribution in [1.29, 1.82) is 0 Å². The molecule has 100 valence electrons. The van der Waals surface area contributed by atoms with E-state index in [2.05, 4.69) is 63.0 Å². The Morgan fingerprint density at radius 2 is 2.00 bits per heavy atom. The highest BCUT2D eigenvalue weighted by Crippen LogP contribution is 2.29. The van der Waals surface area contributed by atoms with Crippen molar-refractivity contribution in [3.8, 4) is 0 Å². The van der Waals surface area contributed by atoms with Crippen LogP contribution in [0.3, 0.4) is 0 Å². The smallest absolute Gasteiger partial charge is 0.0470 e. The first-order valence-electron chi connectivity index (χ1n) is 6.98. The summed E-state index contributed by atoms with van der Waals surface area (Å²) < 4.78 is 0. The highest BCUT2D eigenvalue weighted by molar-refractivity contribution is 5.56. The van der Waals surface area contributed by atoms with E-state index in [1.165, 1.54) is 23.2 Å². The molecule has 1 aliphatic rings. The SMILES string of the molecule is Cc1ccc(N2CCC(C)NCC2(C)C)c(C)c1. The van der Waals surface area contributed by atoms with E-state index in [1.54, 1.807) is 0 Å². The average molecular weight is 246 g/mol. The summed E-state index contributed by atoms with van der Waals surface area (Å²) in [5.41, 5.74) is 4.29. The van der Waals surface area contributed by atoms with Crippen LogP contribution in [-0.2, 0) is 0 Å². The molecular formula is C16H26N2. The van der Waals surface area contributed by atoms with Gasteiger partial charge in [-0.2, -0.15) is 0 Å². The van der Waals surface area contributed by atoms with Crippen molar-refractivity contribution in [3.63, 3.8) is 0 Å². The lowest BCUT2D eigenvalue weighted by Gasteiger charge is -2.39. The van der Waals surface area contributed by atoms with Crippen molar-refractivity contribution in [2.45, 2.75) is 52.6 Å². The Hall–Kier alpha value is -1.02. The van der Waals surface area contributed by atoms with E-state index in [9.17, 15) is 0 Å². The van der Waals surface area contributed by atoms with Gasteiger partial charge in [-0.05, 0) is 52.7 Å².